The molecule has 0 unspecified atom stereocenters. The van der Waals surface area contributed by atoms with Gasteiger partial charge in [0.15, 0.2) is 12.3 Å². The molecule has 8 heteroatoms. The summed E-state index contributed by atoms with van der Waals surface area (Å²) in [7, 11) is 0. The molecule has 1 N–H and O–H groups in total. The number of esters is 1. The topological polar surface area (TPSA) is 90.3 Å². The Hall–Kier alpha value is -3.00. The Kier molecular flexibility index (Phi) is 5.66. The van der Waals surface area contributed by atoms with Crippen LogP contribution in [0.15, 0.2) is 57.8 Å². The molecule has 0 aliphatic rings. The number of carbonyl (C=O) groups excluding carboxylic acids is 2. The number of amides is 1. The average Bonchev–Trinajstić information content (AvgIpc) is 2.68. The Balaban J connectivity index is 1.79. The Morgan fingerprint density at radius 1 is 1.11 bits per heavy atom. The summed E-state index contributed by atoms with van der Waals surface area (Å²) >= 11 is 3.33. The first-order chi connectivity index (χ1) is 13.0. The standard InChI is InChI=1S/C19H16BrN3O4/c1-2-23-18(25)13-8-4-3-7-12(13)17(22-23)19(26)27-11-16(24)21-15-10-6-5-9-14(15)20/h3-10H,2,11H2,1H3,(H,21,24). The summed E-state index contributed by atoms with van der Waals surface area (Å²) in [5, 5.41) is 7.50. The minimum Gasteiger partial charge on any atom is -0.451 e. The van der Waals surface area contributed by atoms with Gasteiger partial charge >= 0.3 is 5.97 Å². The predicted molar refractivity (Wildman–Crippen MR) is 105 cm³/mol. The van der Waals surface area contributed by atoms with Crippen LogP contribution < -0.4 is 10.9 Å². The number of carbonyl (C=O) groups is 2. The molecule has 7 nitrogen and oxygen atoms in total. The predicted octanol–water partition coefficient (Wildman–Crippen LogP) is 2.97. The lowest BCUT2D eigenvalue weighted by Crippen LogP contribution is -2.27. The molecule has 0 aliphatic carbocycles. The molecule has 1 heterocycles. The van der Waals surface area contributed by atoms with Crippen LogP contribution >= 0.6 is 15.9 Å². The summed E-state index contributed by atoms with van der Waals surface area (Å²) in [5.41, 5.74) is 0.290. The molecule has 0 atom stereocenters. The minimum atomic E-state index is -0.768. The van der Waals surface area contributed by atoms with Gasteiger partial charge in [-0.15, -0.1) is 0 Å². The third-order valence-electron chi connectivity index (χ3n) is 3.84. The number of benzene rings is 2. The van der Waals surface area contributed by atoms with Gasteiger partial charge in [-0.25, -0.2) is 9.48 Å². The van der Waals surface area contributed by atoms with Crippen molar-refractivity contribution in [3.63, 3.8) is 0 Å². The van der Waals surface area contributed by atoms with Gasteiger partial charge in [0.25, 0.3) is 11.5 Å². The number of aryl methyl sites for hydroxylation is 1. The van der Waals surface area contributed by atoms with Crippen LogP contribution in [0.25, 0.3) is 10.8 Å². The lowest BCUT2D eigenvalue weighted by atomic mass is 10.1. The second-order valence-corrected chi connectivity index (χ2v) is 6.47. The number of nitrogens with one attached hydrogen (secondary N) is 1. The van der Waals surface area contributed by atoms with Crippen molar-refractivity contribution in [2.75, 3.05) is 11.9 Å². The van der Waals surface area contributed by atoms with Gasteiger partial charge in [-0.2, -0.15) is 5.10 Å². The fourth-order valence-corrected chi connectivity index (χ4v) is 2.93. The monoisotopic (exact) mass is 429 g/mol. The number of para-hydroxylation sites is 1. The van der Waals surface area contributed by atoms with Gasteiger partial charge in [0.2, 0.25) is 0 Å². The molecular weight excluding hydrogens is 414 g/mol. The number of rotatable bonds is 5. The maximum atomic E-state index is 12.5. The Bertz CT molecular complexity index is 1080. The quantitative estimate of drug-likeness (QED) is 0.629. The summed E-state index contributed by atoms with van der Waals surface area (Å²) in [6.45, 7) is 1.59. The molecule has 138 valence electrons. The van der Waals surface area contributed by atoms with Crippen LogP contribution in [0.4, 0.5) is 5.69 Å². The Labute approximate surface area is 163 Å². The fraction of sp³-hybridized carbons (Fsp3) is 0.158. The van der Waals surface area contributed by atoms with Crippen molar-refractivity contribution < 1.29 is 14.3 Å². The Morgan fingerprint density at radius 3 is 2.48 bits per heavy atom. The number of nitrogens with zero attached hydrogens (tertiary/aromatic N) is 2. The highest BCUT2D eigenvalue weighted by Gasteiger charge is 2.18. The lowest BCUT2D eigenvalue weighted by molar-refractivity contribution is -0.119. The van der Waals surface area contributed by atoms with Crippen LogP contribution in [0.2, 0.25) is 0 Å². The van der Waals surface area contributed by atoms with Gasteiger partial charge < -0.3 is 10.1 Å². The van der Waals surface area contributed by atoms with Gasteiger partial charge in [0.05, 0.1) is 11.1 Å². The zero-order valence-electron chi connectivity index (χ0n) is 14.4. The van der Waals surface area contributed by atoms with Gasteiger partial charge in [-0.3, -0.25) is 9.59 Å². The number of hydrogen-bond acceptors (Lipinski definition) is 5. The van der Waals surface area contributed by atoms with E-state index in [4.69, 9.17) is 4.74 Å². The highest BCUT2D eigenvalue weighted by Crippen LogP contribution is 2.21. The maximum Gasteiger partial charge on any atom is 0.359 e. The SMILES string of the molecule is CCn1nc(C(=O)OCC(=O)Nc2ccccc2Br)c2ccccc2c1=O. The maximum absolute atomic E-state index is 12.5. The van der Waals surface area contributed by atoms with Crippen molar-refractivity contribution in [1.82, 2.24) is 9.78 Å². The first-order valence-electron chi connectivity index (χ1n) is 8.22. The van der Waals surface area contributed by atoms with Gasteiger partial charge in [0, 0.05) is 16.4 Å². The fourth-order valence-electron chi connectivity index (χ4n) is 2.55. The van der Waals surface area contributed by atoms with E-state index in [1.54, 1.807) is 49.4 Å². The summed E-state index contributed by atoms with van der Waals surface area (Å²) in [4.78, 5) is 36.8. The van der Waals surface area contributed by atoms with Crippen molar-refractivity contribution in [1.29, 1.82) is 0 Å². The van der Waals surface area contributed by atoms with Crippen LogP contribution in [-0.2, 0) is 16.1 Å². The van der Waals surface area contributed by atoms with Crippen molar-refractivity contribution in [2.24, 2.45) is 0 Å². The van der Waals surface area contributed by atoms with E-state index >= 15 is 0 Å². The van der Waals surface area contributed by atoms with E-state index < -0.39 is 18.5 Å². The largest absolute Gasteiger partial charge is 0.451 e. The van der Waals surface area contributed by atoms with Crippen LogP contribution in [0, 0.1) is 0 Å². The van der Waals surface area contributed by atoms with Crippen LogP contribution in [0.3, 0.4) is 0 Å². The highest BCUT2D eigenvalue weighted by molar-refractivity contribution is 9.10. The molecule has 0 saturated carbocycles. The summed E-state index contributed by atoms with van der Waals surface area (Å²) < 4.78 is 7.01. The molecule has 3 rings (SSSR count). The zero-order chi connectivity index (χ0) is 19.4. The lowest BCUT2D eigenvalue weighted by Gasteiger charge is -2.10. The van der Waals surface area contributed by atoms with Crippen molar-refractivity contribution in [2.45, 2.75) is 13.5 Å². The summed E-state index contributed by atoms with van der Waals surface area (Å²) in [5.74, 6) is -1.25. The zero-order valence-corrected chi connectivity index (χ0v) is 16.0. The minimum absolute atomic E-state index is 0.000687. The van der Waals surface area contributed by atoms with Crippen LogP contribution in [-0.4, -0.2) is 28.3 Å². The number of hydrogen-bond donors (Lipinski definition) is 1. The van der Waals surface area contributed by atoms with Crippen molar-refractivity contribution in [3.05, 3.63) is 69.1 Å². The van der Waals surface area contributed by atoms with Gasteiger partial charge in [0.1, 0.15) is 0 Å². The molecule has 0 aliphatic heterocycles. The molecule has 0 saturated heterocycles. The van der Waals surface area contributed by atoms with E-state index in [0.717, 1.165) is 0 Å². The van der Waals surface area contributed by atoms with E-state index in [1.165, 1.54) is 4.68 Å². The second kappa shape index (κ2) is 8.13. The number of ether oxygens (including phenoxy) is 1. The highest BCUT2D eigenvalue weighted by atomic mass is 79.9. The summed E-state index contributed by atoms with van der Waals surface area (Å²) in [6.07, 6.45) is 0. The smallest absolute Gasteiger partial charge is 0.359 e. The normalized spacial score (nSPS) is 10.6. The van der Waals surface area contributed by atoms with Crippen LogP contribution in [0.1, 0.15) is 17.4 Å². The second-order valence-electron chi connectivity index (χ2n) is 5.62. The molecule has 0 bridgehead atoms. The first-order valence-corrected chi connectivity index (χ1v) is 9.02. The van der Waals surface area contributed by atoms with Crippen molar-refractivity contribution in [3.8, 4) is 0 Å². The third-order valence-corrected chi connectivity index (χ3v) is 4.53. The van der Waals surface area contributed by atoms with E-state index in [2.05, 4.69) is 26.3 Å². The average molecular weight is 430 g/mol. The van der Waals surface area contributed by atoms with Crippen molar-refractivity contribution >= 4 is 44.3 Å². The number of fused-ring (bicyclic) bond motifs is 1. The molecule has 0 fully saturated rings. The molecule has 27 heavy (non-hydrogen) atoms. The van der Waals surface area contributed by atoms with Gasteiger partial charge in [-0.05, 0) is 41.1 Å². The van der Waals surface area contributed by atoms with Gasteiger partial charge in [-0.1, -0.05) is 30.3 Å². The van der Waals surface area contributed by atoms with E-state index in [0.29, 0.717) is 27.5 Å². The number of aromatic nitrogens is 2. The summed E-state index contributed by atoms with van der Waals surface area (Å²) in [6, 6.07) is 13.8. The first kappa shape index (κ1) is 18.8. The molecule has 1 aromatic heterocycles. The third kappa shape index (κ3) is 4.06. The van der Waals surface area contributed by atoms with E-state index in [-0.39, 0.29) is 11.3 Å². The molecule has 1 amide bonds. The molecule has 3 aromatic rings. The number of anilines is 1. The molecule has 2 aromatic carbocycles. The Morgan fingerprint density at radius 2 is 1.78 bits per heavy atom. The molecule has 0 radical (unpaired) electrons. The molecule has 0 spiro atoms. The molecular formula is C19H16BrN3O4. The van der Waals surface area contributed by atoms with E-state index in [9.17, 15) is 14.4 Å². The van der Waals surface area contributed by atoms with E-state index in [1.807, 2.05) is 6.07 Å². The van der Waals surface area contributed by atoms with Crippen LogP contribution in [0.5, 0.6) is 0 Å². The number of halogens is 1.